The van der Waals surface area contributed by atoms with Gasteiger partial charge in [-0.3, -0.25) is 4.79 Å². The van der Waals surface area contributed by atoms with Crippen LogP contribution in [0, 0.1) is 5.41 Å². The van der Waals surface area contributed by atoms with E-state index in [1.807, 2.05) is 27.7 Å². The van der Waals surface area contributed by atoms with Crippen LogP contribution in [0.25, 0.3) is 0 Å². The summed E-state index contributed by atoms with van der Waals surface area (Å²) in [6, 6.07) is 0. The van der Waals surface area contributed by atoms with Crippen LogP contribution in [-0.2, 0) is 9.53 Å². The summed E-state index contributed by atoms with van der Waals surface area (Å²) in [6.07, 6.45) is 0. The van der Waals surface area contributed by atoms with Gasteiger partial charge in [-0.15, -0.1) is 0 Å². The fraction of sp³-hybridized carbons (Fsp3) is 0.917. The number of hydrogen-bond donors (Lipinski definition) is 2. The van der Waals surface area contributed by atoms with E-state index in [1.165, 1.54) is 0 Å². The topological polar surface area (TPSA) is 75.8 Å². The fourth-order valence-electron chi connectivity index (χ4n) is 1.31. The Morgan fingerprint density at radius 3 is 2.18 bits per heavy atom. The molecule has 17 heavy (non-hydrogen) atoms. The van der Waals surface area contributed by atoms with Crippen LogP contribution in [0.1, 0.15) is 27.7 Å². The van der Waals surface area contributed by atoms with Crippen LogP contribution in [0.4, 0.5) is 0 Å². The summed E-state index contributed by atoms with van der Waals surface area (Å²) in [5.74, 6) is -0.0592. The Balaban J connectivity index is 4.81. The average Bonchev–Trinajstić information content (AvgIpc) is 2.21. The van der Waals surface area contributed by atoms with Crippen LogP contribution in [0.2, 0.25) is 0 Å². The van der Waals surface area contributed by atoms with Gasteiger partial charge in [0.1, 0.15) is 0 Å². The van der Waals surface area contributed by atoms with Gasteiger partial charge in [0.05, 0.1) is 18.6 Å². The molecule has 3 N–H and O–H groups in total. The molecule has 5 heteroatoms. The number of aliphatic hydroxyl groups is 1. The van der Waals surface area contributed by atoms with Gasteiger partial charge < -0.3 is 20.5 Å². The lowest BCUT2D eigenvalue weighted by atomic mass is 9.74. The molecule has 0 aromatic carbocycles. The number of aliphatic hydroxyl groups excluding tert-OH is 1. The first-order valence-corrected chi connectivity index (χ1v) is 5.86. The van der Waals surface area contributed by atoms with Crippen molar-refractivity contribution in [1.82, 2.24) is 4.90 Å². The standard InChI is InChI=1S/C12H26N2O3/c1-11(2,12(3,4)13)10(16)14(6-8-15)7-9-17-5/h15H,6-9,13H2,1-5H3. The summed E-state index contributed by atoms with van der Waals surface area (Å²) in [5, 5.41) is 8.99. The molecular formula is C12H26N2O3. The predicted molar refractivity (Wildman–Crippen MR) is 67.6 cm³/mol. The first-order chi connectivity index (χ1) is 7.68. The summed E-state index contributed by atoms with van der Waals surface area (Å²) in [4.78, 5) is 14.0. The van der Waals surface area contributed by atoms with Crippen molar-refractivity contribution < 1.29 is 14.6 Å². The minimum absolute atomic E-state index is 0.0590. The molecule has 0 rings (SSSR count). The highest BCUT2D eigenvalue weighted by molar-refractivity contribution is 5.83. The molecule has 0 unspecified atom stereocenters. The number of hydrogen-bond acceptors (Lipinski definition) is 4. The molecule has 0 radical (unpaired) electrons. The summed E-state index contributed by atoms with van der Waals surface area (Å²) in [5.41, 5.74) is 4.73. The molecule has 0 aromatic heterocycles. The maximum Gasteiger partial charge on any atom is 0.230 e. The smallest absolute Gasteiger partial charge is 0.230 e. The van der Waals surface area contributed by atoms with E-state index in [-0.39, 0.29) is 12.5 Å². The Kier molecular flexibility index (Phi) is 6.09. The van der Waals surface area contributed by atoms with Gasteiger partial charge in [-0.1, -0.05) is 0 Å². The molecule has 0 atom stereocenters. The van der Waals surface area contributed by atoms with E-state index in [1.54, 1.807) is 12.0 Å². The minimum Gasteiger partial charge on any atom is -0.395 e. The van der Waals surface area contributed by atoms with Gasteiger partial charge in [-0.25, -0.2) is 0 Å². The Labute approximate surface area is 104 Å². The van der Waals surface area contributed by atoms with E-state index in [0.717, 1.165) is 0 Å². The summed E-state index contributed by atoms with van der Waals surface area (Å²) >= 11 is 0. The molecule has 0 saturated heterocycles. The number of nitrogens with two attached hydrogens (primary N) is 1. The zero-order valence-electron chi connectivity index (χ0n) is 11.6. The first kappa shape index (κ1) is 16.4. The van der Waals surface area contributed by atoms with Crippen molar-refractivity contribution in [2.45, 2.75) is 33.2 Å². The summed E-state index contributed by atoms with van der Waals surface area (Å²) in [7, 11) is 1.58. The van der Waals surface area contributed by atoms with E-state index in [4.69, 9.17) is 15.6 Å². The Morgan fingerprint density at radius 2 is 1.82 bits per heavy atom. The van der Waals surface area contributed by atoms with Gasteiger partial charge in [-0.2, -0.15) is 0 Å². The van der Waals surface area contributed by atoms with Gasteiger partial charge >= 0.3 is 0 Å². The number of nitrogens with zero attached hydrogens (tertiary/aromatic N) is 1. The molecule has 0 aromatic rings. The third-order valence-corrected chi connectivity index (χ3v) is 3.37. The van der Waals surface area contributed by atoms with Gasteiger partial charge in [0.15, 0.2) is 0 Å². The highest BCUT2D eigenvalue weighted by atomic mass is 16.5. The largest absolute Gasteiger partial charge is 0.395 e. The van der Waals surface area contributed by atoms with Gasteiger partial charge in [0.2, 0.25) is 5.91 Å². The van der Waals surface area contributed by atoms with Crippen LogP contribution in [0.15, 0.2) is 0 Å². The number of rotatable bonds is 7. The molecule has 0 aliphatic rings. The summed E-state index contributed by atoms with van der Waals surface area (Å²) < 4.78 is 4.96. The molecule has 0 fully saturated rings. The molecule has 102 valence electrons. The lowest BCUT2D eigenvalue weighted by Crippen LogP contribution is -2.57. The zero-order valence-corrected chi connectivity index (χ0v) is 11.6. The first-order valence-electron chi connectivity index (χ1n) is 5.86. The Hall–Kier alpha value is -0.650. The van der Waals surface area contributed by atoms with Gasteiger partial charge in [0.25, 0.3) is 0 Å². The second-order valence-electron chi connectivity index (χ2n) is 5.36. The number of ether oxygens (including phenoxy) is 1. The second-order valence-corrected chi connectivity index (χ2v) is 5.36. The highest BCUT2D eigenvalue weighted by Gasteiger charge is 2.42. The Morgan fingerprint density at radius 1 is 1.29 bits per heavy atom. The van der Waals surface area contributed by atoms with Crippen molar-refractivity contribution in [2.24, 2.45) is 11.1 Å². The fourth-order valence-corrected chi connectivity index (χ4v) is 1.31. The van der Waals surface area contributed by atoms with Gasteiger partial charge in [0, 0.05) is 25.7 Å². The van der Waals surface area contributed by atoms with Crippen LogP contribution in [0.3, 0.4) is 0 Å². The molecule has 5 nitrogen and oxygen atoms in total. The normalized spacial score (nSPS) is 12.6. The molecule has 1 amide bonds. The van der Waals surface area contributed by atoms with Crippen LogP contribution in [-0.4, -0.2) is 54.9 Å². The van der Waals surface area contributed by atoms with Crippen molar-refractivity contribution in [3.8, 4) is 0 Å². The molecular weight excluding hydrogens is 220 g/mol. The van der Waals surface area contributed by atoms with Crippen LogP contribution < -0.4 is 5.73 Å². The monoisotopic (exact) mass is 246 g/mol. The van der Waals surface area contributed by atoms with Crippen molar-refractivity contribution in [2.75, 3.05) is 33.4 Å². The average molecular weight is 246 g/mol. The van der Waals surface area contributed by atoms with Crippen molar-refractivity contribution in [3.63, 3.8) is 0 Å². The van der Waals surface area contributed by atoms with Crippen LogP contribution in [0.5, 0.6) is 0 Å². The van der Waals surface area contributed by atoms with Crippen molar-refractivity contribution in [1.29, 1.82) is 0 Å². The Bertz CT molecular complexity index is 247. The van der Waals surface area contributed by atoms with E-state index in [9.17, 15) is 4.79 Å². The third-order valence-electron chi connectivity index (χ3n) is 3.37. The molecule has 0 spiro atoms. The number of methoxy groups -OCH3 is 1. The number of carbonyl (C=O) groups excluding carboxylic acids is 1. The molecule has 0 bridgehead atoms. The van der Waals surface area contributed by atoms with E-state index in [2.05, 4.69) is 0 Å². The third kappa shape index (κ3) is 4.26. The molecule has 0 heterocycles. The van der Waals surface area contributed by atoms with Crippen molar-refractivity contribution in [3.05, 3.63) is 0 Å². The van der Waals surface area contributed by atoms with E-state index < -0.39 is 11.0 Å². The van der Waals surface area contributed by atoms with Gasteiger partial charge in [-0.05, 0) is 27.7 Å². The molecule has 0 aliphatic heterocycles. The maximum atomic E-state index is 12.4. The van der Waals surface area contributed by atoms with Crippen LogP contribution >= 0.6 is 0 Å². The molecule has 0 aliphatic carbocycles. The lowest BCUT2D eigenvalue weighted by molar-refractivity contribution is -0.144. The van der Waals surface area contributed by atoms with Crippen molar-refractivity contribution >= 4 is 5.91 Å². The minimum atomic E-state index is -0.685. The lowest BCUT2D eigenvalue weighted by Gasteiger charge is -2.40. The number of carbonyl (C=O) groups is 1. The number of amides is 1. The SMILES string of the molecule is COCCN(CCO)C(=O)C(C)(C)C(C)(C)N. The highest BCUT2D eigenvalue weighted by Crippen LogP contribution is 2.30. The zero-order chi connectivity index (χ0) is 13.7. The molecule has 0 saturated carbocycles. The van der Waals surface area contributed by atoms with E-state index >= 15 is 0 Å². The summed E-state index contributed by atoms with van der Waals surface area (Å²) in [6.45, 7) is 8.48. The quantitative estimate of drug-likeness (QED) is 0.673. The second kappa shape index (κ2) is 6.33. The predicted octanol–water partition coefficient (Wildman–Crippen LogP) is 0.217. The maximum absolute atomic E-state index is 12.4. The van der Waals surface area contributed by atoms with E-state index in [0.29, 0.717) is 19.7 Å².